The van der Waals surface area contributed by atoms with Crippen LogP contribution in [0.5, 0.6) is 5.75 Å². The first-order valence-electron chi connectivity index (χ1n) is 8.93. The molecule has 0 saturated heterocycles. The highest BCUT2D eigenvalue weighted by Crippen LogP contribution is 2.39. The van der Waals surface area contributed by atoms with Crippen LogP contribution in [0.25, 0.3) is 0 Å². The van der Waals surface area contributed by atoms with Crippen LogP contribution < -0.4 is 15.4 Å². The zero-order valence-electron chi connectivity index (χ0n) is 17.0. The van der Waals surface area contributed by atoms with Gasteiger partial charge in [-0.05, 0) is 40.7 Å². The summed E-state index contributed by atoms with van der Waals surface area (Å²) in [7, 11) is -1.48. The van der Waals surface area contributed by atoms with E-state index in [4.69, 9.17) is 4.74 Å². The van der Waals surface area contributed by atoms with Crippen molar-refractivity contribution in [3.8, 4) is 5.75 Å². The topological polar surface area (TPSA) is 79.8 Å². The summed E-state index contributed by atoms with van der Waals surface area (Å²) < 4.78 is 29.8. The molecule has 0 saturated carbocycles. The molecule has 1 aromatic rings. The molecule has 0 amide bonds. The van der Waals surface area contributed by atoms with Crippen molar-refractivity contribution in [1.29, 1.82) is 0 Å². The number of fused-ring (bicyclic) bond motifs is 1. The van der Waals surface area contributed by atoms with Gasteiger partial charge in [-0.15, -0.1) is 24.0 Å². The summed E-state index contributed by atoms with van der Waals surface area (Å²) in [6.45, 7) is 9.59. The third-order valence-corrected chi connectivity index (χ3v) is 7.11. The van der Waals surface area contributed by atoms with Gasteiger partial charge in [-0.3, -0.25) is 4.99 Å². The quantitative estimate of drug-likeness (QED) is 0.370. The number of sulfone groups is 1. The molecule has 0 bridgehead atoms. The molecule has 0 aromatic heterocycles. The van der Waals surface area contributed by atoms with Crippen LogP contribution in [-0.4, -0.2) is 44.1 Å². The second kappa shape index (κ2) is 8.98. The standard InChI is InChI=1S/C19H31N3O3S.HI/c1-18(2,3)26(23,24)12-11-21-17(20-6)22-15-13-19(4,5)25-16-10-8-7-9-14(15)16;/h7-10,15H,11-13H2,1-6H3,(H2,20,21,22);1H. The number of ether oxygens (including phenoxy) is 1. The van der Waals surface area contributed by atoms with Crippen LogP contribution in [-0.2, 0) is 9.84 Å². The lowest BCUT2D eigenvalue weighted by molar-refractivity contribution is 0.0694. The first kappa shape index (κ1) is 24.0. The largest absolute Gasteiger partial charge is 0.487 e. The molecule has 154 valence electrons. The Bertz CT molecular complexity index is 771. The zero-order chi connectivity index (χ0) is 19.6. The minimum Gasteiger partial charge on any atom is -0.487 e. The molecule has 1 aliphatic heterocycles. The van der Waals surface area contributed by atoms with Gasteiger partial charge in [-0.1, -0.05) is 18.2 Å². The van der Waals surface area contributed by atoms with E-state index in [-0.39, 0.29) is 41.4 Å². The highest BCUT2D eigenvalue weighted by molar-refractivity contribution is 14.0. The first-order chi connectivity index (χ1) is 12.0. The highest BCUT2D eigenvalue weighted by Gasteiger charge is 2.34. The van der Waals surface area contributed by atoms with Crippen molar-refractivity contribution in [2.45, 2.75) is 57.4 Å². The van der Waals surface area contributed by atoms with Gasteiger partial charge in [0.05, 0.1) is 16.5 Å². The van der Waals surface area contributed by atoms with E-state index in [1.165, 1.54) is 0 Å². The Morgan fingerprint density at radius 3 is 2.52 bits per heavy atom. The summed E-state index contributed by atoms with van der Waals surface area (Å²) in [6.07, 6.45) is 0.783. The minimum absolute atomic E-state index is 0. The Kier molecular flexibility index (Phi) is 7.99. The van der Waals surface area contributed by atoms with E-state index in [2.05, 4.69) is 29.5 Å². The molecular formula is C19H32IN3O3S. The predicted octanol–water partition coefficient (Wildman–Crippen LogP) is 3.29. The highest BCUT2D eigenvalue weighted by atomic mass is 127. The number of hydrogen-bond donors (Lipinski definition) is 2. The van der Waals surface area contributed by atoms with Gasteiger partial charge >= 0.3 is 0 Å². The van der Waals surface area contributed by atoms with Crippen LogP contribution in [0.3, 0.4) is 0 Å². The van der Waals surface area contributed by atoms with Gasteiger partial charge in [-0.25, -0.2) is 8.42 Å². The molecule has 6 nitrogen and oxygen atoms in total. The van der Waals surface area contributed by atoms with E-state index < -0.39 is 14.6 Å². The van der Waals surface area contributed by atoms with Crippen LogP contribution in [0.1, 0.15) is 52.6 Å². The van der Waals surface area contributed by atoms with Crippen LogP contribution in [0.4, 0.5) is 0 Å². The number of benzene rings is 1. The molecule has 1 unspecified atom stereocenters. The maximum atomic E-state index is 12.2. The van der Waals surface area contributed by atoms with E-state index in [1.807, 2.05) is 24.3 Å². The lowest BCUT2D eigenvalue weighted by Gasteiger charge is -2.38. The van der Waals surface area contributed by atoms with E-state index in [0.717, 1.165) is 17.7 Å². The van der Waals surface area contributed by atoms with Crippen LogP contribution in [0.2, 0.25) is 0 Å². The second-order valence-electron chi connectivity index (χ2n) is 8.23. The van der Waals surface area contributed by atoms with Gasteiger partial charge < -0.3 is 15.4 Å². The summed E-state index contributed by atoms with van der Waals surface area (Å²) in [5, 5.41) is 6.53. The van der Waals surface area contributed by atoms with Crippen LogP contribution in [0.15, 0.2) is 29.3 Å². The van der Waals surface area contributed by atoms with Crippen molar-refractivity contribution in [3.05, 3.63) is 29.8 Å². The van der Waals surface area contributed by atoms with Crippen molar-refractivity contribution in [2.75, 3.05) is 19.3 Å². The average molecular weight is 509 g/mol. The number of nitrogens with zero attached hydrogens (tertiary/aromatic N) is 1. The van der Waals surface area contributed by atoms with Crippen molar-refractivity contribution < 1.29 is 13.2 Å². The van der Waals surface area contributed by atoms with E-state index in [1.54, 1.807) is 27.8 Å². The molecule has 0 radical (unpaired) electrons. The number of aliphatic imine (C=N–C) groups is 1. The summed E-state index contributed by atoms with van der Waals surface area (Å²) in [4.78, 5) is 4.24. The normalized spacial score (nSPS) is 19.3. The molecule has 0 fully saturated rings. The summed E-state index contributed by atoms with van der Waals surface area (Å²) >= 11 is 0. The summed E-state index contributed by atoms with van der Waals surface area (Å²) in [5.41, 5.74) is 0.789. The third-order valence-electron chi connectivity index (χ3n) is 4.51. The van der Waals surface area contributed by atoms with Gasteiger partial charge in [-0.2, -0.15) is 0 Å². The molecule has 2 rings (SSSR count). The fraction of sp³-hybridized carbons (Fsp3) is 0.632. The molecule has 8 heteroatoms. The molecule has 0 aliphatic carbocycles. The molecule has 1 aromatic carbocycles. The molecular weight excluding hydrogens is 477 g/mol. The fourth-order valence-corrected chi connectivity index (χ4v) is 3.88. The molecule has 1 aliphatic rings. The average Bonchev–Trinajstić information content (AvgIpc) is 2.51. The third kappa shape index (κ3) is 6.23. The molecule has 0 spiro atoms. The molecule has 1 heterocycles. The van der Waals surface area contributed by atoms with Gasteiger partial charge in [0.15, 0.2) is 15.8 Å². The van der Waals surface area contributed by atoms with Gasteiger partial charge in [0.25, 0.3) is 0 Å². The van der Waals surface area contributed by atoms with Crippen molar-refractivity contribution >= 4 is 39.8 Å². The number of halogens is 1. The Hall–Kier alpha value is -1.03. The lowest BCUT2D eigenvalue weighted by atomic mass is 9.90. The molecule has 2 N–H and O–H groups in total. The van der Waals surface area contributed by atoms with Crippen LogP contribution >= 0.6 is 24.0 Å². The summed E-state index contributed by atoms with van der Waals surface area (Å²) in [6, 6.07) is 8.00. The van der Waals surface area contributed by atoms with Crippen molar-refractivity contribution in [3.63, 3.8) is 0 Å². The summed E-state index contributed by atoms with van der Waals surface area (Å²) in [5.74, 6) is 1.52. The zero-order valence-corrected chi connectivity index (χ0v) is 20.1. The maximum Gasteiger partial charge on any atom is 0.191 e. The Morgan fingerprint density at radius 1 is 1.30 bits per heavy atom. The first-order valence-corrected chi connectivity index (χ1v) is 10.6. The lowest BCUT2D eigenvalue weighted by Crippen LogP contribution is -2.46. The molecule has 1 atom stereocenters. The Labute approximate surface area is 180 Å². The Morgan fingerprint density at radius 2 is 1.93 bits per heavy atom. The van der Waals surface area contributed by atoms with Crippen LogP contribution in [0, 0.1) is 0 Å². The number of nitrogens with one attached hydrogen (secondary N) is 2. The number of rotatable bonds is 4. The van der Waals surface area contributed by atoms with Crippen molar-refractivity contribution in [1.82, 2.24) is 10.6 Å². The van der Waals surface area contributed by atoms with Gasteiger partial charge in [0.1, 0.15) is 11.4 Å². The van der Waals surface area contributed by atoms with E-state index in [9.17, 15) is 8.42 Å². The smallest absolute Gasteiger partial charge is 0.191 e. The number of guanidine groups is 1. The van der Waals surface area contributed by atoms with Crippen molar-refractivity contribution in [2.24, 2.45) is 4.99 Å². The van der Waals surface area contributed by atoms with Gasteiger partial charge in [0.2, 0.25) is 0 Å². The Balaban J connectivity index is 0.00000364. The SMILES string of the molecule is CN=C(NCCS(=O)(=O)C(C)(C)C)NC1CC(C)(C)Oc2ccccc21.I. The fourth-order valence-electron chi connectivity index (χ4n) is 2.90. The maximum absolute atomic E-state index is 12.2. The number of hydrogen-bond acceptors (Lipinski definition) is 4. The van der Waals surface area contributed by atoms with Gasteiger partial charge in [0, 0.05) is 25.6 Å². The molecule has 27 heavy (non-hydrogen) atoms. The van der Waals surface area contributed by atoms with E-state index in [0.29, 0.717) is 12.5 Å². The second-order valence-corrected chi connectivity index (χ2v) is 11.1. The monoisotopic (exact) mass is 509 g/mol. The van der Waals surface area contributed by atoms with E-state index >= 15 is 0 Å². The minimum atomic E-state index is -3.17. The predicted molar refractivity (Wildman–Crippen MR) is 122 cm³/mol. The number of para-hydroxylation sites is 1.